The Morgan fingerprint density at radius 3 is 2.44 bits per heavy atom. The van der Waals surface area contributed by atoms with Gasteiger partial charge in [-0.15, -0.1) is 0 Å². The molecule has 25 heavy (non-hydrogen) atoms. The molecular weight excluding hydrogens is 312 g/mol. The van der Waals surface area contributed by atoms with Crippen molar-refractivity contribution in [1.29, 1.82) is 0 Å². The van der Waals surface area contributed by atoms with E-state index in [2.05, 4.69) is 13.8 Å². The van der Waals surface area contributed by atoms with E-state index in [4.69, 9.17) is 4.74 Å². The maximum Gasteiger partial charge on any atom is 0.306 e. The van der Waals surface area contributed by atoms with Crippen molar-refractivity contribution >= 4 is 5.97 Å². The molecule has 0 aromatic carbocycles. The summed E-state index contributed by atoms with van der Waals surface area (Å²) in [6.07, 6.45) is 11.2. The fourth-order valence-electron chi connectivity index (χ4n) is 9.60. The van der Waals surface area contributed by atoms with Crippen molar-refractivity contribution in [3.8, 4) is 0 Å². The summed E-state index contributed by atoms with van der Waals surface area (Å²) in [4.78, 5) is 11.9. The molecule has 3 heteroatoms. The van der Waals surface area contributed by atoms with Crippen molar-refractivity contribution in [1.82, 2.24) is 0 Å². The fourth-order valence-corrected chi connectivity index (χ4v) is 9.60. The summed E-state index contributed by atoms with van der Waals surface area (Å²) in [5.41, 5.74) is 0.600. The maximum absolute atomic E-state index is 11.9. The first kappa shape index (κ1) is 15.5. The van der Waals surface area contributed by atoms with E-state index in [9.17, 15) is 9.90 Å². The summed E-state index contributed by atoms with van der Waals surface area (Å²) in [7, 11) is 0. The molecule has 1 N–H and O–H groups in total. The van der Waals surface area contributed by atoms with Gasteiger partial charge in [0.05, 0.1) is 6.10 Å². The number of ether oxygens (including phenoxy) is 1. The Labute approximate surface area is 150 Å². The van der Waals surface area contributed by atoms with Gasteiger partial charge < -0.3 is 9.84 Å². The topological polar surface area (TPSA) is 46.5 Å². The molecule has 0 bridgehead atoms. The fraction of sp³-hybridized carbons (Fsp3) is 0.955. The second kappa shape index (κ2) is 4.29. The first-order chi connectivity index (χ1) is 11.9. The lowest BCUT2D eigenvalue weighted by atomic mass is 9.45. The van der Waals surface area contributed by atoms with Crippen LogP contribution in [0.2, 0.25) is 0 Å². The summed E-state index contributed by atoms with van der Waals surface area (Å²) in [6.45, 7) is 4.95. The smallest absolute Gasteiger partial charge is 0.306 e. The molecular formula is C22H32O3. The molecule has 9 atom stereocenters. The minimum Gasteiger partial charge on any atom is -0.458 e. The van der Waals surface area contributed by atoms with Gasteiger partial charge in [-0.2, -0.15) is 0 Å². The first-order valence-electron chi connectivity index (χ1n) is 10.8. The highest BCUT2D eigenvalue weighted by molar-refractivity contribution is 5.72. The summed E-state index contributed by atoms with van der Waals surface area (Å²) in [5, 5.41) is 11.2. The molecule has 6 aliphatic rings. The van der Waals surface area contributed by atoms with Crippen LogP contribution in [0.3, 0.4) is 0 Å². The van der Waals surface area contributed by atoms with Crippen LogP contribution in [-0.2, 0) is 9.53 Å². The third kappa shape index (κ3) is 1.47. The largest absolute Gasteiger partial charge is 0.458 e. The standard InChI is InChI=1S/C22H32O3/c1-19-8-4-16-14(15(19)5-9-21(19)10-6-18(24)25-21)11-17(23)22-12-13(22)3-7-20(16,22)2/h13-17,23H,3-12H2,1-2H3/t13-,14+,15+,16+,17-,19+,20-,21-,22?/m1/s1. The van der Waals surface area contributed by atoms with Crippen LogP contribution < -0.4 is 0 Å². The van der Waals surface area contributed by atoms with Crippen molar-refractivity contribution in [3.05, 3.63) is 0 Å². The second-order valence-corrected chi connectivity index (χ2v) is 11.0. The maximum atomic E-state index is 11.9. The predicted octanol–water partition coefficient (Wildman–Crippen LogP) is 4.08. The van der Waals surface area contributed by atoms with Gasteiger partial charge in [0.15, 0.2) is 0 Å². The SMILES string of the molecule is C[C@]12CC[C@H]3[C@@H](C[C@@H](O)C45C[C@H]4CC[C@]35C)[C@@H]1CC[C@@]21CCC(=O)O1. The number of aliphatic hydroxyl groups is 1. The Bertz CT molecular complexity index is 660. The molecule has 5 aliphatic carbocycles. The van der Waals surface area contributed by atoms with E-state index in [-0.39, 0.29) is 28.5 Å². The lowest BCUT2D eigenvalue weighted by Crippen LogP contribution is -2.58. The molecule has 1 heterocycles. The minimum atomic E-state index is -0.182. The minimum absolute atomic E-state index is 0.0233. The highest BCUT2D eigenvalue weighted by Crippen LogP contribution is 2.82. The number of carbonyl (C=O) groups is 1. The van der Waals surface area contributed by atoms with Gasteiger partial charge >= 0.3 is 5.97 Å². The monoisotopic (exact) mass is 344 g/mol. The highest BCUT2D eigenvalue weighted by atomic mass is 16.6. The van der Waals surface area contributed by atoms with Crippen molar-refractivity contribution < 1.29 is 14.6 Å². The lowest BCUT2D eigenvalue weighted by molar-refractivity contribution is -0.184. The number of carbonyl (C=O) groups excluding carboxylic acids is 1. The molecule has 3 nitrogen and oxygen atoms in total. The third-order valence-corrected chi connectivity index (χ3v) is 10.9. The van der Waals surface area contributed by atoms with Crippen LogP contribution in [0.4, 0.5) is 0 Å². The van der Waals surface area contributed by atoms with Gasteiger partial charge in [-0.3, -0.25) is 4.79 Å². The summed E-state index contributed by atoms with van der Waals surface area (Å²) in [5.74, 6) is 2.90. The number of hydrogen-bond acceptors (Lipinski definition) is 3. The highest BCUT2D eigenvalue weighted by Gasteiger charge is 2.78. The normalized spacial score (nSPS) is 64.4. The molecule has 5 saturated carbocycles. The van der Waals surface area contributed by atoms with Crippen LogP contribution in [0, 0.1) is 39.9 Å². The summed E-state index contributed by atoms with van der Waals surface area (Å²) in [6, 6.07) is 0. The first-order valence-corrected chi connectivity index (χ1v) is 10.8. The summed E-state index contributed by atoms with van der Waals surface area (Å²) < 4.78 is 6.03. The zero-order valence-corrected chi connectivity index (χ0v) is 15.7. The van der Waals surface area contributed by atoms with Crippen LogP contribution in [0.15, 0.2) is 0 Å². The Hall–Kier alpha value is -0.570. The van der Waals surface area contributed by atoms with E-state index < -0.39 is 0 Å². The molecule has 0 amide bonds. The van der Waals surface area contributed by atoms with Crippen molar-refractivity contribution in [2.45, 2.75) is 89.8 Å². The Kier molecular flexibility index (Phi) is 2.66. The Morgan fingerprint density at radius 1 is 1.00 bits per heavy atom. The molecule has 138 valence electrons. The number of hydrogen-bond donors (Lipinski definition) is 1. The lowest BCUT2D eigenvalue weighted by Gasteiger charge is -2.61. The van der Waals surface area contributed by atoms with Crippen molar-refractivity contribution in [3.63, 3.8) is 0 Å². The molecule has 0 aromatic rings. The van der Waals surface area contributed by atoms with E-state index in [1.165, 1.54) is 38.5 Å². The van der Waals surface area contributed by atoms with E-state index in [0.29, 0.717) is 23.7 Å². The molecule has 1 unspecified atom stereocenters. The Morgan fingerprint density at radius 2 is 1.72 bits per heavy atom. The van der Waals surface area contributed by atoms with Gasteiger partial charge in [-0.25, -0.2) is 0 Å². The quantitative estimate of drug-likeness (QED) is 0.674. The molecule has 1 aliphatic heterocycles. The molecule has 6 rings (SSSR count). The molecule has 0 aromatic heterocycles. The van der Waals surface area contributed by atoms with Gasteiger partial charge in [0, 0.05) is 17.3 Å². The van der Waals surface area contributed by atoms with Crippen molar-refractivity contribution in [2.24, 2.45) is 39.9 Å². The summed E-state index contributed by atoms with van der Waals surface area (Å²) >= 11 is 0. The molecule has 6 fully saturated rings. The predicted molar refractivity (Wildman–Crippen MR) is 93.6 cm³/mol. The van der Waals surface area contributed by atoms with Gasteiger partial charge in [-0.1, -0.05) is 13.8 Å². The number of fused-ring (bicyclic) bond motifs is 5. The van der Waals surface area contributed by atoms with E-state index in [1.807, 2.05) is 0 Å². The van der Waals surface area contributed by atoms with Gasteiger partial charge in [0.2, 0.25) is 0 Å². The average molecular weight is 344 g/mol. The van der Waals surface area contributed by atoms with Crippen LogP contribution >= 0.6 is 0 Å². The number of aliphatic hydroxyl groups excluding tert-OH is 1. The van der Waals surface area contributed by atoms with Crippen LogP contribution in [0.25, 0.3) is 0 Å². The van der Waals surface area contributed by atoms with Crippen molar-refractivity contribution in [2.75, 3.05) is 0 Å². The number of esters is 1. The molecule has 1 saturated heterocycles. The zero-order valence-electron chi connectivity index (χ0n) is 15.7. The number of rotatable bonds is 0. The van der Waals surface area contributed by atoms with E-state index >= 15 is 0 Å². The van der Waals surface area contributed by atoms with E-state index in [0.717, 1.165) is 31.1 Å². The third-order valence-electron chi connectivity index (χ3n) is 10.9. The van der Waals surface area contributed by atoms with Crippen LogP contribution in [-0.4, -0.2) is 22.8 Å². The molecule has 2 spiro atoms. The second-order valence-electron chi connectivity index (χ2n) is 11.0. The average Bonchev–Trinajstić information content (AvgIpc) is 2.92. The Balaban J connectivity index is 1.39. The van der Waals surface area contributed by atoms with E-state index in [1.54, 1.807) is 0 Å². The van der Waals surface area contributed by atoms with Gasteiger partial charge in [0.1, 0.15) is 5.60 Å². The van der Waals surface area contributed by atoms with Crippen LogP contribution in [0.5, 0.6) is 0 Å². The molecule has 0 radical (unpaired) electrons. The zero-order chi connectivity index (χ0) is 17.2. The van der Waals surface area contributed by atoms with Gasteiger partial charge in [-0.05, 0) is 86.9 Å². The van der Waals surface area contributed by atoms with Crippen LogP contribution in [0.1, 0.15) is 78.1 Å². The van der Waals surface area contributed by atoms with Gasteiger partial charge in [0.25, 0.3) is 0 Å².